The van der Waals surface area contributed by atoms with Crippen LogP contribution >= 0.6 is 0 Å². The van der Waals surface area contributed by atoms with E-state index < -0.39 is 0 Å². The van der Waals surface area contributed by atoms with Crippen molar-refractivity contribution in [1.82, 2.24) is 0 Å². The summed E-state index contributed by atoms with van der Waals surface area (Å²) in [5.41, 5.74) is 1.95. The number of hydrogen-bond acceptors (Lipinski definition) is 1. The highest BCUT2D eigenvalue weighted by Crippen LogP contribution is 2.22. The summed E-state index contributed by atoms with van der Waals surface area (Å²) in [5.74, 6) is -0.197. The van der Waals surface area contributed by atoms with Gasteiger partial charge < -0.3 is 5.32 Å². The van der Waals surface area contributed by atoms with Crippen molar-refractivity contribution in [1.29, 1.82) is 0 Å². The summed E-state index contributed by atoms with van der Waals surface area (Å²) in [6, 6.07) is 3.59. The SMILES string of the molecule is C=Cc1c(NC)ccc(C)c1F. The normalized spacial score (nSPS) is 9.58. The van der Waals surface area contributed by atoms with E-state index in [1.54, 1.807) is 20.0 Å². The molecule has 0 fully saturated rings. The minimum Gasteiger partial charge on any atom is -0.388 e. The number of aryl methyl sites for hydroxylation is 1. The lowest BCUT2D eigenvalue weighted by Crippen LogP contribution is -1.96. The lowest BCUT2D eigenvalue weighted by atomic mass is 10.1. The minimum absolute atomic E-state index is 0.197. The highest BCUT2D eigenvalue weighted by atomic mass is 19.1. The molecule has 1 N–H and O–H groups in total. The third kappa shape index (κ3) is 1.33. The van der Waals surface area contributed by atoms with Gasteiger partial charge in [0.2, 0.25) is 0 Å². The molecular weight excluding hydrogens is 153 g/mol. The third-order valence-corrected chi connectivity index (χ3v) is 1.85. The van der Waals surface area contributed by atoms with Gasteiger partial charge in [-0.05, 0) is 18.6 Å². The van der Waals surface area contributed by atoms with Crippen LogP contribution in [0, 0.1) is 12.7 Å². The summed E-state index contributed by atoms with van der Waals surface area (Å²) in [6.07, 6.45) is 1.52. The average molecular weight is 165 g/mol. The van der Waals surface area contributed by atoms with Gasteiger partial charge in [-0.15, -0.1) is 0 Å². The number of hydrogen-bond donors (Lipinski definition) is 1. The van der Waals surface area contributed by atoms with Gasteiger partial charge in [0.1, 0.15) is 5.82 Å². The lowest BCUT2D eigenvalue weighted by molar-refractivity contribution is 0.616. The highest BCUT2D eigenvalue weighted by Gasteiger charge is 2.05. The summed E-state index contributed by atoms with van der Waals surface area (Å²) >= 11 is 0. The fourth-order valence-corrected chi connectivity index (χ4v) is 1.12. The van der Waals surface area contributed by atoms with Crippen molar-refractivity contribution >= 4 is 11.8 Å². The van der Waals surface area contributed by atoms with Crippen molar-refractivity contribution in [2.45, 2.75) is 6.92 Å². The van der Waals surface area contributed by atoms with Crippen molar-refractivity contribution in [3.8, 4) is 0 Å². The molecule has 1 rings (SSSR count). The van der Waals surface area contributed by atoms with Gasteiger partial charge in [-0.1, -0.05) is 18.7 Å². The molecule has 64 valence electrons. The van der Waals surface area contributed by atoms with Gasteiger partial charge in [0, 0.05) is 18.3 Å². The van der Waals surface area contributed by atoms with Crippen LogP contribution in [0.5, 0.6) is 0 Å². The Morgan fingerprint density at radius 2 is 2.17 bits per heavy atom. The summed E-state index contributed by atoms with van der Waals surface area (Å²) < 4.78 is 13.3. The molecule has 12 heavy (non-hydrogen) atoms. The average Bonchev–Trinajstić information content (AvgIpc) is 2.09. The second-order valence-electron chi connectivity index (χ2n) is 2.61. The first kappa shape index (κ1) is 8.78. The first-order valence-electron chi connectivity index (χ1n) is 3.80. The Labute approximate surface area is 71.9 Å². The second-order valence-corrected chi connectivity index (χ2v) is 2.61. The van der Waals surface area contributed by atoms with Gasteiger partial charge in [-0.3, -0.25) is 0 Å². The lowest BCUT2D eigenvalue weighted by Gasteiger charge is -2.07. The molecule has 1 nitrogen and oxygen atoms in total. The highest BCUT2D eigenvalue weighted by molar-refractivity contribution is 5.66. The van der Waals surface area contributed by atoms with E-state index in [1.807, 2.05) is 6.07 Å². The molecule has 0 spiro atoms. The Bertz CT molecular complexity index is 305. The van der Waals surface area contributed by atoms with Crippen LogP contribution in [0.4, 0.5) is 10.1 Å². The fourth-order valence-electron chi connectivity index (χ4n) is 1.12. The van der Waals surface area contributed by atoms with E-state index in [4.69, 9.17) is 0 Å². The van der Waals surface area contributed by atoms with Gasteiger partial charge in [0.15, 0.2) is 0 Å². The molecule has 0 aliphatic rings. The zero-order valence-electron chi connectivity index (χ0n) is 7.32. The Kier molecular flexibility index (Phi) is 2.48. The van der Waals surface area contributed by atoms with Crippen molar-refractivity contribution in [3.63, 3.8) is 0 Å². The maximum atomic E-state index is 13.3. The van der Waals surface area contributed by atoms with E-state index in [1.165, 1.54) is 6.08 Å². The monoisotopic (exact) mass is 165 g/mol. The van der Waals surface area contributed by atoms with Gasteiger partial charge in [0.25, 0.3) is 0 Å². The topological polar surface area (TPSA) is 12.0 Å². The fraction of sp³-hybridized carbons (Fsp3) is 0.200. The first-order valence-corrected chi connectivity index (χ1v) is 3.80. The first-order chi connectivity index (χ1) is 5.70. The Balaban J connectivity index is 3.35. The van der Waals surface area contributed by atoms with E-state index in [2.05, 4.69) is 11.9 Å². The molecule has 0 amide bonds. The molecule has 0 saturated carbocycles. The van der Waals surface area contributed by atoms with Gasteiger partial charge in [-0.25, -0.2) is 4.39 Å². The van der Waals surface area contributed by atoms with E-state index >= 15 is 0 Å². The van der Waals surface area contributed by atoms with Gasteiger partial charge >= 0.3 is 0 Å². The zero-order chi connectivity index (χ0) is 9.14. The predicted octanol–water partition coefficient (Wildman–Crippen LogP) is 2.82. The van der Waals surface area contributed by atoms with Crippen molar-refractivity contribution in [3.05, 3.63) is 35.7 Å². The van der Waals surface area contributed by atoms with Crippen LogP contribution in [0.2, 0.25) is 0 Å². The molecular formula is C10H12FN. The van der Waals surface area contributed by atoms with E-state index in [9.17, 15) is 4.39 Å². The molecule has 0 heterocycles. The Morgan fingerprint density at radius 3 is 2.67 bits per heavy atom. The molecule has 0 unspecified atom stereocenters. The van der Waals surface area contributed by atoms with Gasteiger partial charge in [0.05, 0.1) is 0 Å². The van der Waals surface area contributed by atoms with Crippen LogP contribution in [0.25, 0.3) is 6.08 Å². The van der Waals surface area contributed by atoms with Crippen LogP contribution in [0.1, 0.15) is 11.1 Å². The number of rotatable bonds is 2. The summed E-state index contributed by atoms with van der Waals surface area (Å²) in [5, 5.41) is 2.90. The summed E-state index contributed by atoms with van der Waals surface area (Å²) in [7, 11) is 1.76. The molecule has 0 aliphatic heterocycles. The second kappa shape index (κ2) is 3.39. The quantitative estimate of drug-likeness (QED) is 0.710. The van der Waals surface area contributed by atoms with E-state index in [0.29, 0.717) is 11.1 Å². The zero-order valence-corrected chi connectivity index (χ0v) is 7.32. The molecule has 0 atom stereocenters. The molecule has 1 aromatic rings. The maximum Gasteiger partial charge on any atom is 0.135 e. The van der Waals surface area contributed by atoms with E-state index in [-0.39, 0.29) is 5.82 Å². The molecule has 0 bridgehead atoms. The van der Waals surface area contributed by atoms with Crippen LogP contribution in [-0.4, -0.2) is 7.05 Å². The van der Waals surface area contributed by atoms with Crippen LogP contribution in [-0.2, 0) is 0 Å². The minimum atomic E-state index is -0.197. The molecule has 0 aromatic heterocycles. The van der Waals surface area contributed by atoms with E-state index in [0.717, 1.165) is 5.69 Å². The molecule has 0 radical (unpaired) electrons. The predicted molar refractivity (Wildman–Crippen MR) is 50.8 cm³/mol. The Hall–Kier alpha value is -1.31. The standard InChI is InChI=1S/C10H12FN/c1-4-8-9(12-3)6-5-7(2)10(8)11/h4-6,12H,1H2,2-3H3. The largest absolute Gasteiger partial charge is 0.388 e. The molecule has 0 aliphatic carbocycles. The van der Waals surface area contributed by atoms with Crippen molar-refractivity contribution < 1.29 is 4.39 Å². The number of anilines is 1. The molecule has 0 saturated heterocycles. The summed E-state index contributed by atoms with van der Waals surface area (Å²) in [6.45, 7) is 5.30. The van der Waals surface area contributed by atoms with Crippen LogP contribution in [0.15, 0.2) is 18.7 Å². The van der Waals surface area contributed by atoms with Crippen molar-refractivity contribution in [2.24, 2.45) is 0 Å². The Morgan fingerprint density at radius 1 is 1.50 bits per heavy atom. The number of halogens is 1. The smallest absolute Gasteiger partial charge is 0.135 e. The number of benzene rings is 1. The van der Waals surface area contributed by atoms with Crippen molar-refractivity contribution in [2.75, 3.05) is 12.4 Å². The van der Waals surface area contributed by atoms with Crippen LogP contribution < -0.4 is 5.32 Å². The molecule has 2 heteroatoms. The third-order valence-electron chi connectivity index (χ3n) is 1.85. The van der Waals surface area contributed by atoms with Gasteiger partial charge in [-0.2, -0.15) is 0 Å². The summed E-state index contributed by atoms with van der Waals surface area (Å²) in [4.78, 5) is 0. The number of nitrogens with one attached hydrogen (secondary N) is 1. The maximum absolute atomic E-state index is 13.3. The van der Waals surface area contributed by atoms with Crippen LogP contribution in [0.3, 0.4) is 0 Å². The molecule has 1 aromatic carbocycles.